The number of rotatable bonds is 2. The minimum atomic E-state index is -0.381. The summed E-state index contributed by atoms with van der Waals surface area (Å²) in [7, 11) is 3.71. The van der Waals surface area contributed by atoms with Crippen LogP contribution in [0.15, 0.2) is 47.7 Å². The Bertz CT molecular complexity index is 919. The number of amides is 1. The summed E-state index contributed by atoms with van der Waals surface area (Å²) in [5, 5.41) is 6.03. The maximum atomic E-state index is 14.2. The second-order valence-corrected chi connectivity index (χ2v) is 6.99. The Morgan fingerprint density at radius 1 is 1.25 bits per heavy atom. The minimum Gasteiger partial charge on any atom is -0.338 e. The molecule has 3 rings (SSSR count). The van der Waals surface area contributed by atoms with Crippen molar-refractivity contribution in [2.45, 2.75) is 13.3 Å². The first-order valence-electron chi connectivity index (χ1n) is 9.11. The zero-order chi connectivity index (χ0) is 20.3. The van der Waals surface area contributed by atoms with E-state index in [9.17, 15) is 9.18 Å². The summed E-state index contributed by atoms with van der Waals surface area (Å²) in [6.07, 6.45) is 4.33. The predicted molar refractivity (Wildman–Crippen MR) is 107 cm³/mol. The SMILES string of the molecule is C=C1CN(C(C)=O)CCCN(C)NC1=Nc1cc(F)cc(-c2cnn(C)c2)c1. The summed E-state index contributed by atoms with van der Waals surface area (Å²) in [6.45, 7) is 7.40. The van der Waals surface area contributed by atoms with Gasteiger partial charge in [0, 0.05) is 58.0 Å². The van der Waals surface area contributed by atoms with Crippen molar-refractivity contribution in [3.05, 3.63) is 48.6 Å². The number of aromatic nitrogens is 2. The first-order valence-corrected chi connectivity index (χ1v) is 9.11. The van der Waals surface area contributed by atoms with Crippen LogP contribution in [0, 0.1) is 5.82 Å². The standard InChI is InChI=1S/C20H25FN6O/c1-14-12-27(15(2)28)7-5-6-25(3)24-20(14)23-19-9-16(8-18(21)10-19)17-11-22-26(4)13-17/h8-11,13H,1,5-7,12H2,2-4H3,(H,23,24). The van der Waals surface area contributed by atoms with Crippen LogP contribution in [0.3, 0.4) is 0 Å². The average molecular weight is 384 g/mol. The highest BCUT2D eigenvalue weighted by Crippen LogP contribution is 2.26. The quantitative estimate of drug-likeness (QED) is 0.864. The molecule has 0 saturated carbocycles. The molecule has 0 radical (unpaired) electrons. The monoisotopic (exact) mass is 384 g/mol. The Morgan fingerprint density at radius 3 is 2.71 bits per heavy atom. The van der Waals surface area contributed by atoms with Gasteiger partial charge in [0.25, 0.3) is 0 Å². The van der Waals surface area contributed by atoms with E-state index in [4.69, 9.17) is 0 Å². The summed E-state index contributed by atoms with van der Waals surface area (Å²) < 4.78 is 15.9. The smallest absolute Gasteiger partial charge is 0.219 e. The summed E-state index contributed by atoms with van der Waals surface area (Å²) in [5.74, 6) is 0.126. The minimum absolute atomic E-state index is 0.00493. The molecule has 148 valence electrons. The lowest BCUT2D eigenvalue weighted by molar-refractivity contribution is -0.128. The van der Waals surface area contributed by atoms with Crippen molar-refractivity contribution in [3.8, 4) is 11.1 Å². The largest absolute Gasteiger partial charge is 0.338 e. The van der Waals surface area contributed by atoms with Crippen LogP contribution >= 0.6 is 0 Å². The molecule has 1 fully saturated rings. The fraction of sp³-hybridized carbons (Fsp3) is 0.350. The Balaban J connectivity index is 1.95. The van der Waals surface area contributed by atoms with Crippen LogP contribution in [-0.2, 0) is 11.8 Å². The third-order valence-corrected chi connectivity index (χ3v) is 4.54. The van der Waals surface area contributed by atoms with Crippen molar-refractivity contribution in [2.75, 3.05) is 26.7 Å². The van der Waals surface area contributed by atoms with Crippen LogP contribution in [0.4, 0.5) is 10.1 Å². The lowest BCUT2D eigenvalue weighted by Crippen LogP contribution is -2.40. The van der Waals surface area contributed by atoms with Gasteiger partial charge in [-0.1, -0.05) is 6.58 Å². The van der Waals surface area contributed by atoms with E-state index >= 15 is 0 Å². The number of hydrazine groups is 1. The Labute approximate surface area is 164 Å². The molecule has 2 aromatic rings. The van der Waals surface area contributed by atoms with E-state index < -0.39 is 0 Å². The van der Waals surface area contributed by atoms with Gasteiger partial charge in [-0.15, -0.1) is 0 Å². The van der Waals surface area contributed by atoms with Gasteiger partial charge in [0.2, 0.25) is 5.91 Å². The molecule has 1 aliphatic heterocycles. The van der Waals surface area contributed by atoms with Crippen LogP contribution in [0.5, 0.6) is 0 Å². The Hall–Kier alpha value is -3.00. The first kappa shape index (κ1) is 19.8. The molecule has 1 aliphatic rings. The molecule has 28 heavy (non-hydrogen) atoms. The van der Waals surface area contributed by atoms with Crippen LogP contribution < -0.4 is 5.43 Å². The van der Waals surface area contributed by atoms with Gasteiger partial charge in [-0.2, -0.15) is 5.10 Å². The average Bonchev–Trinajstić information content (AvgIpc) is 3.07. The molecule has 1 N–H and O–H groups in total. The van der Waals surface area contributed by atoms with Crippen molar-refractivity contribution in [3.63, 3.8) is 0 Å². The van der Waals surface area contributed by atoms with Gasteiger partial charge in [0.1, 0.15) is 11.7 Å². The molecule has 0 atom stereocenters. The number of nitrogens with one attached hydrogen (secondary N) is 1. The van der Waals surface area contributed by atoms with Gasteiger partial charge in [-0.3, -0.25) is 9.48 Å². The van der Waals surface area contributed by atoms with Crippen molar-refractivity contribution >= 4 is 17.4 Å². The number of aryl methyl sites for hydroxylation is 1. The zero-order valence-electron chi connectivity index (χ0n) is 16.4. The summed E-state index contributed by atoms with van der Waals surface area (Å²) in [6, 6.07) is 4.63. The van der Waals surface area contributed by atoms with Crippen molar-refractivity contribution in [1.82, 2.24) is 25.1 Å². The number of halogens is 1. The molecular weight excluding hydrogens is 359 g/mol. The molecule has 1 amide bonds. The van der Waals surface area contributed by atoms with E-state index in [0.29, 0.717) is 35.7 Å². The lowest BCUT2D eigenvalue weighted by Gasteiger charge is -2.21. The number of aliphatic imine (C=N–C) groups is 1. The maximum Gasteiger partial charge on any atom is 0.219 e. The van der Waals surface area contributed by atoms with Gasteiger partial charge >= 0.3 is 0 Å². The molecule has 7 nitrogen and oxygen atoms in total. The molecule has 2 heterocycles. The van der Waals surface area contributed by atoms with Crippen LogP contribution in [0.25, 0.3) is 11.1 Å². The molecule has 0 unspecified atom stereocenters. The number of carbonyl (C=O) groups excluding carboxylic acids is 1. The molecule has 1 aromatic carbocycles. The maximum absolute atomic E-state index is 14.2. The fourth-order valence-electron chi connectivity index (χ4n) is 3.08. The van der Waals surface area contributed by atoms with E-state index in [0.717, 1.165) is 18.5 Å². The highest BCUT2D eigenvalue weighted by atomic mass is 19.1. The van der Waals surface area contributed by atoms with E-state index in [1.54, 1.807) is 28.8 Å². The number of hydrogen-bond acceptors (Lipinski definition) is 4. The van der Waals surface area contributed by atoms with Gasteiger partial charge in [0.15, 0.2) is 0 Å². The van der Waals surface area contributed by atoms with Gasteiger partial charge in [0.05, 0.1) is 11.9 Å². The number of benzene rings is 1. The number of nitrogens with zero attached hydrogens (tertiary/aromatic N) is 5. The van der Waals surface area contributed by atoms with E-state index in [1.807, 2.05) is 25.3 Å². The molecular formula is C20H25FN6O. The second-order valence-electron chi connectivity index (χ2n) is 6.99. The highest BCUT2D eigenvalue weighted by Gasteiger charge is 2.18. The van der Waals surface area contributed by atoms with Gasteiger partial charge in [-0.25, -0.2) is 14.4 Å². The third-order valence-electron chi connectivity index (χ3n) is 4.54. The van der Waals surface area contributed by atoms with Crippen molar-refractivity contribution in [1.29, 1.82) is 0 Å². The van der Waals surface area contributed by atoms with Crippen LogP contribution in [-0.4, -0.2) is 58.1 Å². The molecule has 0 aliphatic carbocycles. The number of amidine groups is 1. The van der Waals surface area contributed by atoms with Crippen LogP contribution in [0.2, 0.25) is 0 Å². The van der Waals surface area contributed by atoms with Crippen molar-refractivity contribution < 1.29 is 9.18 Å². The number of hydrogen-bond donors (Lipinski definition) is 1. The van der Waals surface area contributed by atoms with Gasteiger partial charge in [-0.05, 0) is 30.2 Å². The first-order chi connectivity index (χ1) is 13.3. The third kappa shape index (κ3) is 4.83. The van der Waals surface area contributed by atoms with Gasteiger partial charge < -0.3 is 10.3 Å². The second kappa shape index (κ2) is 8.35. The molecule has 1 aromatic heterocycles. The van der Waals surface area contributed by atoms with Crippen molar-refractivity contribution in [2.24, 2.45) is 12.0 Å². The molecule has 0 spiro atoms. The van der Waals surface area contributed by atoms with E-state index in [2.05, 4.69) is 22.1 Å². The molecule has 8 heteroatoms. The lowest BCUT2D eigenvalue weighted by atomic mass is 10.1. The van der Waals surface area contributed by atoms with Crippen LogP contribution in [0.1, 0.15) is 13.3 Å². The Kier molecular flexibility index (Phi) is 5.89. The summed E-state index contributed by atoms with van der Waals surface area (Å²) >= 11 is 0. The van der Waals surface area contributed by atoms with E-state index in [-0.39, 0.29) is 11.7 Å². The molecule has 0 bridgehead atoms. The Morgan fingerprint density at radius 2 is 2.04 bits per heavy atom. The normalized spacial score (nSPS) is 17.8. The number of carbonyl (C=O) groups is 1. The summed E-state index contributed by atoms with van der Waals surface area (Å²) in [5.41, 5.74) is 5.84. The zero-order valence-corrected chi connectivity index (χ0v) is 16.4. The summed E-state index contributed by atoms with van der Waals surface area (Å²) in [4.78, 5) is 18.2. The molecule has 1 saturated heterocycles. The topological polar surface area (TPSA) is 65.8 Å². The highest BCUT2D eigenvalue weighted by molar-refractivity contribution is 6.00. The van der Waals surface area contributed by atoms with E-state index in [1.165, 1.54) is 12.1 Å². The predicted octanol–water partition coefficient (Wildman–Crippen LogP) is 2.50. The fourth-order valence-corrected chi connectivity index (χ4v) is 3.08.